The highest BCUT2D eigenvalue weighted by Crippen LogP contribution is 2.15. The molecule has 18 heavy (non-hydrogen) atoms. The second-order valence-electron chi connectivity index (χ2n) is 4.06. The number of hydrogen-bond donors (Lipinski definition) is 1. The summed E-state index contributed by atoms with van der Waals surface area (Å²) < 4.78 is 4.53. The van der Waals surface area contributed by atoms with Gasteiger partial charge in [0.2, 0.25) is 5.91 Å². The maximum Gasteiger partial charge on any atom is 0.328 e. The van der Waals surface area contributed by atoms with E-state index < -0.39 is 12.0 Å². The summed E-state index contributed by atoms with van der Waals surface area (Å²) in [6.07, 6.45) is 0.213. The second-order valence-corrected chi connectivity index (χ2v) is 4.50. The number of aryl methyl sites for hydroxylation is 1. The highest BCUT2D eigenvalue weighted by atomic mass is 35.5. The van der Waals surface area contributed by atoms with Crippen molar-refractivity contribution in [2.45, 2.75) is 26.3 Å². The molecular formula is C13H16ClNO3. The normalized spacial score (nSPS) is 11.8. The van der Waals surface area contributed by atoms with Gasteiger partial charge in [-0.2, -0.15) is 0 Å². The Bertz CT molecular complexity index is 460. The molecule has 0 aliphatic heterocycles. The van der Waals surface area contributed by atoms with Gasteiger partial charge >= 0.3 is 5.97 Å². The largest absolute Gasteiger partial charge is 0.467 e. The molecule has 5 heteroatoms. The number of hydrogen-bond acceptors (Lipinski definition) is 3. The molecule has 0 heterocycles. The van der Waals surface area contributed by atoms with E-state index in [1.54, 1.807) is 25.1 Å². The summed E-state index contributed by atoms with van der Waals surface area (Å²) in [5.74, 6) is -0.686. The summed E-state index contributed by atoms with van der Waals surface area (Å²) in [6.45, 7) is 3.47. The van der Waals surface area contributed by atoms with E-state index in [0.29, 0.717) is 5.02 Å². The highest BCUT2D eigenvalue weighted by Gasteiger charge is 2.16. The SMILES string of the molecule is COC(=O)C(C)NC(=O)Cc1ccc(Cl)cc1C. The van der Waals surface area contributed by atoms with Crippen LogP contribution in [0.4, 0.5) is 0 Å². The van der Waals surface area contributed by atoms with Crippen LogP contribution in [0.3, 0.4) is 0 Å². The van der Waals surface area contributed by atoms with E-state index in [4.69, 9.17) is 11.6 Å². The Hall–Kier alpha value is -1.55. The first kappa shape index (κ1) is 14.5. The average Bonchev–Trinajstić information content (AvgIpc) is 2.31. The van der Waals surface area contributed by atoms with Gasteiger partial charge < -0.3 is 10.1 Å². The van der Waals surface area contributed by atoms with Crippen LogP contribution in [0.2, 0.25) is 5.02 Å². The molecule has 1 N–H and O–H groups in total. The van der Waals surface area contributed by atoms with Crippen LogP contribution in [-0.4, -0.2) is 25.0 Å². The maximum atomic E-state index is 11.7. The predicted molar refractivity (Wildman–Crippen MR) is 69.5 cm³/mol. The molecule has 98 valence electrons. The van der Waals surface area contributed by atoms with Gasteiger partial charge in [0, 0.05) is 5.02 Å². The minimum absolute atomic E-state index is 0.213. The Morgan fingerprint density at radius 3 is 2.67 bits per heavy atom. The van der Waals surface area contributed by atoms with Gasteiger partial charge in [0.15, 0.2) is 0 Å². The van der Waals surface area contributed by atoms with Gasteiger partial charge in [0.25, 0.3) is 0 Å². The molecule has 0 saturated heterocycles. The molecule has 0 aliphatic rings. The number of carbonyl (C=O) groups excluding carboxylic acids is 2. The van der Waals surface area contributed by atoms with Gasteiger partial charge in [-0.3, -0.25) is 4.79 Å². The van der Waals surface area contributed by atoms with E-state index in [-0.39, 0.29) is 12.3 Å². The smallest absolute Gasteiger partial charge is 0.328 e. The van der Waals surface area contributed by atoms with Crippen LogP contribution in [0.25, 0.3) is 0 Å². The van der Waals surface area contributed by atoms with E-state index >= 15 is 0 Å². The molecule has 0 saturated carbocycles. The van der Waals surface area contributed by atoms with Crippen molar-refractivity contribution in [1.82, 2.24) is 5.32 Å². The van der Waals surface area contributed by atoms with Crippen molar-refractivity contribution >= 4 is 23.5 Å². The molecule has 1 amide bonds. The van der Waals surface area contributed by atoms with E-state index in [1.165, 1.54) is 7.11 Å². The Morgan fingerprint density at radius 1 is 1.44 bits per heavy atom. The number of benzene rings is 1. The van der Waals surface area contributed by atoms with Gasteiger partial charge in [-0.05, 0) is 37.1 Å². The van der Waals surface area contributed by atoms with Crippen LogP contribution in [0, 0.1) is 6.92 Å². The number of amides is 1. The Morgan fingerprint density at radius 2 is 2.11 bits per heavy atom. The zero-order chi connectivity index (χ0) is 13.7. The summed E-state index contributed by atoms with van der Waals surface area (Å²) in [6, 6.07) is 4.70. The van der Waals surface area contributed by atoms with E-state index in [0.717, 1.165) is 11.1 Å². The lowest BCUT2D eigenvalue weighted by Gasteiger charge is -2.12. The van der Waals surface area contributed by atoms with Crippen LogP contribution in [0.1, 0.15) is 18.1 Å². The number of carbonyl (C=O) groups is 2. The first-order valence-corrected chi connectivity index (χ1v) is 5.94. The monoisotopic (exact) mass is 269 g/mol. The molecule has 0 aliphatic carbocycles. The molecule has 1 aromatic carbocycles. The van der Waals surface area contributed by atoms with Gasteiger partial charge in [0.05, 0.1) is 13.5 Å². The minimum Gasteiger partial charge on any atom is -0.467 e. The van der Waals surface area contributed by atoms with Crippen molar-refractivity contribution in [2.75, 3.05) is 7.11 Å². The number of esters is 1. The molecular weight excluding hydrogens is 254 g/mol. The lowest BCUT2D eigenvalue weighted by molar-refractivity contribution is -0.144. The predicted octanol–water partition coefficient (Wildman–Crippen LogP) is 1.87. The summed E-state index contributed by atoms with van der Waals surface area (Å²) >= 11 is 5.84. The average molecular weight is 270 g/mol. The van der Waals surface area contributed by atoms with Crippen molar-refractivity contribution in [3.8, 4) is 0 Å². The first-order valence-electron chi connectivity index (χ1n) is 5.56. The fourth-order valence-electron chi connectivity index (χ4n) is 1.56. The number of nitrogens with one attached hydrogen (secondary N) is 1. The summed E-state index contributed by atoms with van der Waals surface area (Å²) in [5.41, 5.74) is 1.83. The number of rotatable bonds is 4. The number of methoxy groups -OCH3 is 1. The van der Waals surface area contributed by atoms with Gasteiger partial charge in [-0.25, -0.2) is 4.79 Å². The molecule has 0 aromatic heterocycles. The Kier molecular flexibility index (Phi) is 5.16. The van der Waals surface area contributed by atoms with E-state index in [2.05, 4.69) is 10.1 Å². The molecule has 0 bridgehead atoms. The molecule has 0 radical (unpaired) electrons. The maximum absolute atomic E-state index is 11.7. The lowest BCUT2D eigenvalue weighted by atomic mass is 10.1. The van der Waals surface area contributed by atoms with Crippen LogP contribution in [0.5, 0.6) is 0 Å². The Labute approximate surface area is 111 Å². The highest BCUT2D eigenvalue weighted by molar-refractivity contribution is 6.30. The van der Waals surface area contributed by atoms with Crippen LogP contribution in [0.15, 0.2) is 18.2 Å². The third-order valence-electron chi connectivity index (χ3n) is 2.59. The zero-order valence-corrected chi connectivity index (χ0v) is 11.4. The second kappa shape index (κ2) is 6.40. The van der Waals surface area contributed by atoms with Crippen molar-refractivity contribution in [2.24, 2.45) is 0 Å². The van der Waals surface area contributed by atoms with Gasteiger partial charge in [-0.1, -0.05) is 17.7 Å². The summed E-state index contributed by atoms with van der Waals surface area (Å²) in [5, 5.41) is 3.21. The fraction of sp³-hybridized carbons (Fsp3) is 0.385. The molecule has 4 nitrogen and oxygen atoms in total. The lowest BCUT2D eigenvalue weighted by Crippen LogP contribution is -2.39. The van der Waals surface area contributed by atoms with Crippen molar-refractivity contribution < 1.29 is 14.3 Å². The van der Waals surface area contributed by atoms with Crippen molar-refractivity contribution in [1.29, 1.82) is 0 Å². The molecule has 1 unspecified atom stereocenters. The molecule has 1 aromatic rings. The van der Waals surface area contributed by atoms with E-state index in [9.17, 15) is 9.59 Å². The minimum atomic E-state index is -0.643. The molecule has 0 spiro atoms. The third kappa shape index (κ3) is 4.04. The summed E-state index contributed by atoms with van der Waals surface area (Å²) in [4.78, 5) is 22.9. The quantitative estimate of drug-likeness (QED) is 0.849. The van der Waals surface area contributed by atoms with Crippen LogP contribution < -0.4 is 5.32 Å². The fourth-order valence-corrected chi connectivity index (χ4v) is 1.79. The number of halogens is 1. The van der Waals surface area contributed by atoms with Gasteiger partial charge in [0.1, 0.15) is 6.04 Å². The van der Waals surface area contributed by atoms with Crippen molar-refractivity contribution in [3.05, 3.63) is 34.3 Å². The first-order chi connectivity index (χ1) is 8.43. The number of ether oxygens (including phenoxy) is 1. The third-order valence-corrected chi connectivity index (χ3v) is 2.82. The Balaban J connectivity index is 2.62. The summed E-state index contributed by atoms with van der Waals surface area (Å²) in [7, 11) is 1.29. The van der Waals surface area contributed by atoms with Crippen molar-refractivity contribution in [3.63, 3.8) is 0 Å². The van der Waals surface area contributed by atoms with Crippen LogP contribution >= 0.6 is 11.6 Å². The molecule has 0 fully saturated rings. The van der Waals surface area contributed by atoms with Gasteiger partial charge in [-0.15, -0.1) is 0 Å². The molecule has 1 atom stereocenters. The van der Waals surface area contributed by atoms with E-state index in [1.807, 2.05) is 6.92 Å². The zero-order valence-electron chi connectivity index (χ0n) is 10.6. The van der Waals surface area contributed by atoms with Crippen LogP contribution in [-0.2, 0) is 20.7 Å². The molecule has 1 rings (SSSR count). The standard InChI is InChI=1S/C13H16ClNO3/c1-8-6-11(14)5-4-10(8)7-12(16)15-9(2)13(17)18-3/h4-6,9H,7H2,1-3H3,(H,15,16). The topological polar surface area (TPSA) is 55.4 Å².